The van der Waals surface area contributed by atoms with Gasteiger partial charge in [0.25, 0.3) is 0 Å². The Labute approximate surface area is 214 Å². The quantitative estimate of drug-likeness (QED) is 0.441. The number of benzene rings is 1. The summed E-state index contributed by atoms with van der Waals surface area (Å²) in [6.07, 6.45) is 5.31. The van der Waals surface area contributed by atoms with Crippen molar-refractivity contribution in [2.45, 2.75) is 63.5 Å². The zero-order valence-corrected chi connectivity index (χ0v) is 21.2. The number of unbranched alkanes of at least 4 members (excludes halogenated alkanes) is 1. The predicted octanol–water partition coefficient (Wildman–Crippen LogP) is 3.05. The minimum atomic E-state index is -0.851. The molecular formula is C26H39ClN2O6. The van der Waals surface area contributed by atoms with E-state index in [9.17, 15) is 14.7 Å². The molecule has 1 aromatic carbocycles. The van der Waals surface area contributed by atoms with Crippen LogP contribution in [0.2, 0.25) is 0 Å². The SMILES string of the molecule is Cl.O=C(CCCCC(=O)C1CCOCC1)N[C@H](CN1CCCC1)[C@H](O)c1ccc2c(c1)OCCO2. The highest BCUT2D eigenvalue weighted by Gasteiger charge is 2.28. The van der Waals surface area contributed by atoms with Crippen molar-refractivity contribution in [3.8, 4) is 11.5 Å². The van der Waals surface area contributed by atoms with E-state index < -0.39 is 12.1 Å². The number of amides is 1. The van der Waals surface area contributed by atoms with E-state index in [-0.39, 0.29) is 24.2 Å². The van der Waals surface area contributed by atoms with Gasteiger partial charge in [0.1, 0.15) is 25.1 Å². The lowest BCUT2D eigenvalue weighted by Gasteiger charge is -2.29. The molecule has 0 radical (unpaired) electrons. The lowest BCUT2D eigenvalue weighted by atomic mass is 9.92. The topological polar surface area (TPSA) is 97.3 Å². The molecule has 3 heterocycles. The molecule has 0 spiro atoms. The Morgan fingerprint density at radius 2 is 1.69 bits per heavy atom. The maximum atomic E-state index is 12.8. The first-order chi connectivity index (χ1) is 16.6. The first-order valence-corrected chi connectivity index (χ1v) is 12.8. The fourth-order valence-electron chi connectivity index (χ4n) is 5.03. The number of halogens is 1. The third-order valence-electron chi connectivity index (χ3n) is 7.04. The summed E-state index contributed by atoms with van der Waals surface area (Å²) in [7, 11) is 0. The second-order valence-electron chi connectivity index (χ2n) is 9.59. The van der Waals surface area contributed by atoms with Gasteiger partial charge in [-0.05, 0) is 69.3 Å². The number of carbonyl (C=O) groups is 2. The average molecular weight is 511 g/mol. The molecule has 0 unspecified atom stereocenters. The van der Waals surface area contributed by atoms with Crippen molar-refractivity contribution < 1.29 is 28.9 Å². The molecule has 9 heteroatoms. The molecule has 0 aromatic heterocycles. The summed E-state index contributed by atoms with van der Waals surface area (Å²) in [5.41, 5.74) is 0.704. The van der Waals surface area contributed by atoms with Gasteiger partial charge in [-0.25, -0.2) is 0 Å². The number of aliphatic hydroxyl groups excluding tert-OH is 1. The molecule has 0 bridgehead atoms. The smallest absolute Gasteiger partial charge is 0.220 e. The van der Waals surface area contributed by atoms with E-state index in [1.807, 2.05) is 18.2 Å². The van der Waals surface area contributed by atoms with Gasteiger partial charge >= 0.3 is 0 Å². The van der Waals surface area contributed by atoms with Crippen LogP contribution in [0.5, 0.6) is 11.5 Å². The van der Waals surface area contributed by atoms with Crippen LogP contribution in [-0.2, 0) is 14.3 Å². The van der Waals surface area contributed by atoms with E-state index in [2.05, 4.69) is 10.2 Å². The Hall–Kier alpha value is -1.87. The number of aliphatic hydroxyl groups is 1. The fraction of sp³-hybridized carbons (Fsp3) is 0.692. The summed E-state index contributed by atoms with van der Waals surface area (Å²) < 4.78 is 16.6. The molecule has 3 aliphatic rings. The maximum Gasteiger partial charge on any atom is 0.220 e. The molecule has 4 rings (SSSR count). The third kappa shape index (κ3) is 8.07. The predicted molar refractivity (Wildman–Crippen MR) is 134 cm³/mol. The summed E-state index contributed by atoms with van der Waals surface area (Å²) in [6, 6.07) is 5.04. The molecule has 3 aliphatic heterocycles. The van der Waals surface area contributed by atoms with Crippen molar-refractivity contribution in [2.75, 3.05) is 46.1 Å². The number of hydrogen-bond donors (Lipinski definition) is 2. The van der Waals surface area contributed by atoms with Crippen molar-refractivity contribution in [3.63, 3.8) is 0 Å². The minimum absolute atomic E-state index is 0. The maximum absolute atomic E-state index is 12.8. The molecule has 8 nitrogen and oxygen atoms in total. The van der Waals surface area contributed by atoms with Crippen LogP contribution in [0.3, 0.4) is 0 Å². The van der Waals surface area contributed by atoms with E-state index in [1.54, 1.807) is 0 Å². The van der Waals surface area contributed by atoms with Crippen molar-refractivity contribution in [1.29, 1.82) is 0 Å². The Bertz CT molecular complexity index is 826. The fourth-order valence-corrected chi connectivity index (χ4v) is 5.03. The second kappa shape index (κ2) is 14.0. The molecular weight excluding hydrogens is 472 g/mol. The molecule has 1 amide bonds. The van der Waals surface area contributed by atoms with Gasteiger partial charge < -0.3 is 29.5 Å². The molecule has 2 atom stereocenters. The Morgan fingerprint density at radius 1 is 1.00 bits per heavy atom. The standard InChI is InChI=1S/C26H38N2O6.ClH/c29-22(19-9-13-32-14-10-19)5-1-2-6-25(30)27-21(18-28-11-3-4-12-28)26(31)20-7-8-23-24(17-20)34-16-15-33-23;/h7-8,17,19,21,26,31H,1-6,9-16,18H2,(H,27,30);1H/t21-,26-;/m1./s1. The van der Waals surface area contributed by atoms with E-state index in [0.717, 1.165) is 38.8 Å². The van der Waals surface area contributed by atoms with Gasteiger partial charge in [0.2, 0.25) is 5.91 Å². The lowest BCUT2D eigenvalue weighted by molar-refractivity contribution is -0.126. The molecule has 0 aliphatic carbocycles. The summed E-state index contributed by atoms with van der Waals surface area (Å²) in [5.74, 6) is 1.64. The minimum Gasteiger partial charge on any atom is -0.486 e. The number of hydrogen-bond acceptors (Lipinski definition) is 7. The largest absolute Gasteiger partial charge is 0.486 e. The van der Waals surface area contributed by atoms with Crippen LogP contribution in [0, 0.1) is 5.92 Å². The van der Waals surface area contributed by atoms with Crippen LogP contribution in [-0.4, -0.2) is 73.8 Å². The van der Waals surface area contributed by atoms with Crippen LogP contribution in [0.25, 0.3) is 0 Å². The highest BCUT2D eigenvalue weighted by Crippen LogP contribution is 2.33. The number of nitrogens with zero attached hydrogens (tertiary/aromatic N) is 1. The van der Waals surface area contributed by atoms with Crippen LogP contribution < -0.4 is 14.8 Å². The van der Waals surface area contributed by atoms with Crippen LogP contribution >= 0.6 is 12.4 Å². The van der Waals surface area contributed by atoms with Gasteiger partial charge in [0.05, 0.1) is 6.04 Å². The third-order valence-corrected chi connectivity index (χ3v) is 7.04. The molecule has 2 fully saturated rings. The van der Waals surface area contributed by atoms with E-state index >= 15 is 0 Å². The van der Waals surface area contributed by atoms with Gasteiger partial charge in [-0.2, -0.15) is 0 Å². The molecule has 2 N–H and O–H groups in total. The molecule has 196 valence electrons. The first kappa shape index (κ1) is 27.7. The summed E-state index contributed by atoms with van der Waals surface area (Å²) >= 11 is 0. The zero-order chi connectivity index (χ0) is 23.8. The number of ketones is 1. The van der Waals surface area contributed by atoms with Gasteiger partial charge in [-0.3, -0.25) is 9.59 Å². The Morgan fingerprint density at radius 3 is 2.43 bits per heavy atom. The van der Waals surface area contributed by atoms with E-state index in [1.165, 1.54) is 0 Å². The first-order valence-electron chi connectivity index (χ1n) is 12.8. The van der Waals surface area contributed by atoms with Gasteiger partial charge in [-0.1, -0.05) is 6.07 Å². The number of nitrogens with one attached hydrogen (secondary N) is 1. The number of fused-ring (bicyclic) bond motifs is 1. The van der Waals surface area contributed by atoms with Gasteiger partial charge in [-0.15, -0.1) is 12.4 Å². The molecule has 35 heavy (non-hydrogen) atoms. The number of carbonyl (C=O) groups excluding carboxylic acids is 2. The van der Waals surface area contributed by atoms with Crippen molar-refractivity contribution >= 4 is 24.1 Å². The number of rotatable bonds is 11. The zero-order valence-electron chi connectivity index (χ0n) is 20.4. The van der Waals surface area contributed by atoms with Crippen molar-refractivity contribution in [1.82, 2.24) is 10.2 Å². The molecule has 0 saturated carbocycles. The van der Waals surface area contributed by atoms with Gasteiger partial charge in [0.15, 0.2) is 11.5 Å². The normalized spacial score (nSPS) is 20.0. The Balaban J connectivity index is 0.00000342. The summed E-state index contributed by atoms with van der Waals surface area (Å²) in [5, 5.41) is 14.3. The van der Waals surface area contributed by atoms with Gasteiger partial charge in [0, 0.05) is 38.5 Å². The van der Waals surface area contributed by atoms with Crippen LogP contribution in [0.15, 0.2) is 18.2 Å². The number of Topliss-reactive ketones (excluding diaryl/α,β-unsaturated/α-hetero) is 1. The number of likely N-dealkylation sites (tertiary alicyclic amines) is 1. The van der Waals surface area contributed by atoms with Crippen molar-refractivity contribution in [3.05, 3.63) is 23.8 Å². The highest BCUT2D eigenvalue weighted by atomic mass is 35.5. The van der Waals surface area contributed by atoms with E-state index in [4.69, 9.17) is 14.2 Å². The summed E-state index contributed by atoms with van der Waals surface area (Å²) in [6.45, 7) is 4.90. The van der Waals surface area contributed by atoms with Crippen LogP contribution in [0.1, 0.15) is 63.0 Å². The molecule has 1 aromatic rings. The monoisotopic (exact) mass is 510 g/mol. The number of ether oxygens (including phenoxy) is 3. The Kier molecular flexibility index (Phi) is 11.1. The molecule has 2 saturated heterocycles. The average Bonchev–Trinajstić information content (AvgIpc) is 3.39. The second-order valence-corrected chi connectivity index (χ2v) is 9.59. The van der Waals surface area contributed by atoms with Crippen molar-refractivity contribution in [2.24, 2.45) is 5.92 Å². The van der Waals surface area contributed by atoms with E-state index in [0.29, 0.717) is 81.5 Å². The summed E-state index contributed by atoms with van der Waals surface area (Å²) in [4.78, 5) is 27.4. The van der Waals surface area contributed by atoms with Crippen LogP contribution in [0.4, 0.5) is 0 Å². The lowest BCUT2D eigenvalue weighted by Crippen LogP contribution is -2.46. The highest BCUT2D eigenvalue weighted by molar-refractivity contribution is 5.85.